The van der Waals surface area contributed by atoms with Gasteiger partial charge in [-0.3, -0.25) is 10.1 Å². The number of hydrogen-bond donors (Lipinski definition) is 2. The van der Waals surface area contributed by atoms with Gasteiger partial charge in [0, 0.05) is 18.4 Å². The summed E-state index contributed by atoms with van der Waals surface area (Å²) in [6, 6.07) is 9.37. The molecular formula is C16H21ClF2N2O. The highest BCUT2D eigenvalue weighted by molar-refractivity contribution is 5.85. The molecule has 0 aromatic heterocycles. The number of carbonyl (C=O) groups is 1. The molecule has 3 rings (SSSR count). The van der Waals surface area contributed by atoms with Gasteiger partial charge in [0.05, 0.1) is 12.6 Å². The van der Waals surface area contributed by atoms with Crippen molar-refractivity contribution in [3.05, 3.63) is 35.9 Å². The number of benzene rings is 1. The molecule has 22 heavy (non-hydrogen) atoms. The van der Waals surface area contributed by atoms with Crippen LogP contribution in [-0.2, 0) is 4.79 Å². The fraction of sp³-hybridized carbons (Fsp3) is 0.562. The average molecular weight is 331 g/mol. The van der Waals surface area contributed by atoms with E-state index in [-0.39, 0.29) is 30.3 Å². The number of alkyl halides is 2. The van der Waals surface area contributed by atoms with Crippen LogP contribution in [-0.4, -0.2) is 30.5 Å². The number of halogens is 3. The van der Waals surface area contributed by atoms with E-state index >= 15 is 0 Å². The number of hydrogen-bond acceptors (Lipinski definition) is 2. The van der Waals surface area contributed by atoms with Crippen LogP contribution in [0.15, 0.2) is 30.3 Å². The van der Waals surface area contributed by atoms with E-state index in [1.807, 2.05) is 18.2 Å². The molecule has 2 fully saturated rings. The Balaban J connectivity index is 0.00000176. The quantitative estimate of drug-likeness (QED) is 0.894. The number of amides is 1. The van der Waals surface area contributed by atoms with Gasteiger partial charge in [-0.1, -0.05) is 36.8 Å². The van der Waals surface area contributed by atoms with Crippen LogP contribution in [0.3, 0.4) is 0 Å². The summed E-state index contributed by atoms with van der Waals surface area (Å²) in [7, 11) is 0. The smallest absolute Gasteiger partial charge is 0.262 e. The monoisotopic (exact) mass is 330 g/mol. The third-order valence-corrected chi connectivity index (χ3v) is 4.50. The largest absolute Gasteiger partial charge is 0.351 e. The van der Waals surface area contributed by atoms with Gasteiger partial charge in [-0.15, -0.1) is 12.4 Å². The molecule has 0 spiro atoms. The van der Waals surface area contributed by atoms with Crippen LogP contribution in [0.5, 0.6) is 0 Å². The number of rotatable bonds is 3. The Hall–Kier alpha value is -1.20. The van der Waals surface area contributed by atoms with E-state index in [1.54, 1.807) is 0 Å². The summed E-state index contributed by atoms with van der Waals surface area (Å²) in [6.45, 7) is -0.405. The van der Waals surface area contributed by atoms with Gasteiger partial charge in [0.1, 0.15) is 0 Å². The van der Waals surface area contributed by atoms with Gasteiger partial charge >= 0.3 is 0 Å². The molecule has 0 bridgehead atoms. The first-order valence-electron chi connectivity index (χ1n) is 7.52. The standard InChI is InChI=1S/C16H20F2N2O.ClH/c17-16(18)9-14(19-10-16)15(21)20-13-8-4-7-12(13)11-5-2-1-3-6-11;/h1-3,5-6,12-14,19H,4,7-10H2,(H,20,21);1H. The lowest BCUT2D eigenvalue weighted by Gasteiger charge is -2.23. The Labute approximate surface area is 135 Å². The normalized spacial score (nSPS) is 29.8. The second-order valence-corrected chi connectivity index (χ2v) is 6.06. The molecule has 1 aromatic rings. The molecule has 1 amide bonds. The minimum absolute atomic E-state index is 0. The fourth-order valence-corrected chi connectivity index (χ4v) is 3.42. The molecule has 1 aromatic carbocycles. The first kappa shape index (κ1) is 17.2. The highest BCUT2D eigenvalue weighted by Gasteiger charge is 2.43. The van der Waals surface area contributed by atoms with Crippen LogP contribution in [0.4, 0.5) is 8.78 Å². The summed E-state index contributed by atoms with van der Waals surface area (Å²) in [5.74, 6) is -2.77. The zero-order valence-corrected chi connectivity index (χ0v) is 13.0. The first-order chi connectivity index (χ1) is 10.1. The van der Waals surface area contributed by atoms with Crippen molar-refractivity contribution >= 4 is 18.3 Å². The van der Waals surface area contributed by atoms with Crippen LogP contribution in [0.25, 0.3) is 0 Å². The van der Waals surface area contributed by atoms with E-state index in [4.69, 9.17) is 0 Å². The number of nitrogens with one attached hydrogen (secondary N) is 2. The lowest BCUT2D eigenvalue weighted by atomic mass is 9.94. The van der Waals surface area contributed by atoms with Crippen LogP contribution >= 0.6 is 12.4 Å². The summed E-state index contributed by atoms with van der Waals surface area (Å²) in [4.78, 5) is 12.2. The molecule has 3 unspecified atom stereocenters. The zero-order chi connectivity index (χ0) is 14.9. The highest BCUT2D eigenvalue weighted by atomic mass is 35.5. The van der Waals surface area contributed by atoms with Crippen molar-refractivity contribution in [2.45, 2.75) is 49.6 Å². The first-order valence-corrected chi connectivity index (χ1v) is 7.52. The Bertz CT molecular complexity index is 512. The Morgan fingerprint density at radius 3 is 2.59 bits per heavy atom. The van der Waals surface area contributed by atoms with Crippen molar-refractivity contribution in [2.24, 2.45) is 0 Å². The molecule has 1 aliphatic carbocycles. The van der Waals surface area contributed by atoms with E-state index in [1.165, 1.54) is 5.56 Å². The van der Waals surface area contributed by atoms with Gasteiger partial charge < -0.3 is 5.32 Å². The van der Waals surface area contributed by atoms with E-state index in [0.717, 1.165) is 19.3 Å². The maximum Gasteiger partial charge on any atom is 0.262 e. The summed E-state index contributed by atoms with van der Waals surface area (Å²) >= 11 is 0. The van der Waals surface area contributed by atoms with Gasteiger partial charge in [-0.2, -0.15) is 0 Å². The molecule has 3 atom stereocenters. The summed E-state index contributed by atoms with van der Waals surface area (Å²) in [5, 5.41) is 5.59. The second kappa shape index (κ2) is 6.92. The molecule has 1 aliphatic heterocycles. The Morgan fingerprint density at radius 1 is 1.23 bits per heavy atom. The van der Waals surface area contributed by atoms with Gasteiger partial charge in [0.2, 0.25) is 5.91 Å². The molecule has 2 N–H and O–H groups in total. The van der Waals surface area contributed by atoms with Gasteiger partial charge in [-0.25, -0.2) is 8.78 Å². The predicted molar refractivity (Wildman–Crippen MR) is 83.6 cm³/mol. The van der Waals surface area contributed by atoms with Crippen molar-refractivity contribution in [1.29, 1.82) is 0 Å². The molecular weight excluding hydrogens is 310 g/mol. The Morgan fingerprint density at radius 2 is 1.95 bits per heavy atom. The minimum atomic E-state index is -2.77. The van der Waals surface area contributed by atoms with Crippen molar-refractivity contribution in [3.8, 4) is 0 Å². The molecule has 1 saturated heterocycles. The van der Waals surface area contributed by atoms with Crippen molar-refractivity contribution in [1.82, 2.24) is 10.6 Å². The maximum atomic E-state index is 13.2. The van der Waals surface area contributed by atoms with Crippen molar-refractivity contribution in [2.75, 3.05) is 6.54 Å². The maximum absolute atomic E-state index is 13.2. The lowest BCUT2D eigenvalue weighted by Crippen LogP contribution is -2.46. The molecule has 0 radical (unpaired) electrons. The van der Waals surface area contributed by atoms with E-state index in [2.05, 4.69) is 22.8 Å². The highest BCUT2D eigenvalue weighted by Crippen LogP contribution is 2.35. The molecule has 122 valence electrons. The second-order valence-electron chi connectivity index (χ2n) is 6.06. The topological polar surface area (TPSA) is 41.1 Å². The van der Waals surface area contributed by atoms with Crippen LogP contribution in [0.2, 0.25) is 0 Å². The summed E-state index contributed by atoms with van der Waals surface area (Å²) in [5.41, 5.74) is 1.21. The van der Waals surface area contributed by atoms with E-state index < -0.39 is 24.9 Å². The molecule has 1 heterocycles. The third-order valence-electron chi connectivity index (χ3n) is 4.50. The molecule has 6 heteroatoms. The van der Waals surface area contributed by atoms with Crippen molar-refractivity contribution in [3.63, 3.8) is 0 Å². The van der Waals surface area contributed by atoms with Crippen molar-refractivity contribution < 1.29 is 13.6 Å². The lowest BCUT2D eigenvalue weighted by molar-refractivity contribution is -0.124. The SMILES string of the molecule is Cl.O=C(NC1CCCC1c1ccccc1)C1CC(F)(F)CN1. The Kier molecular flexibility index (Phi) is 5.40. The molecule has 2 aliphatic rings. The van der Waals surface area contributed by atoms with Gasteiger partial charge in [0.25, 0.3) is 5.92 Å². The zero-order valence-electron chi connectivity index (χ0n) is 12.2. The van der Waals surface area contributed by atoms with Crippen LogP contribution in [0.1, 0.15) is 37.2 Å². The van der Waals surface area contributed by atoms with Crippen LogP contribution < -0.4 is 10.6 Å². The number of carbonyl (C=O) groups excluding carboxylic acids is 1. The van der Waals surface area contributed by atoms with Gasteiger partial charge in [-0.05, 0) is 18.4 Å². The fourth-order valence-electron chi connectivity index (χ4n) is 3.42. The van der Waals surface area contributed by atoms with Crippen LogP contribution in [0, 0.1) is 0 Å². The minimum Gasteiger partial charge on any atom is -0.351 e. The summed E-state index contributed by atoms with van der Waals surface area (Å²) < 4.78 is 26.3. The average Bonchev–Trinajstić information content (AvgIpc) is 3.06. The van der Waals surface area contributed by atoms with Gasteiger partial charge in [0.15, 0.2) is 0 Å². The molecule has 1 saturated carbocycles. The van der Waals surface area contributed by atoms with E-state index in [9.17, 15) is 13.6 Å². The summed E-state index contributed by atoms with van der Waals surface area (Å²) in [6.07, 6.45) is 2.60. The molecule has 3 nitrogen and oxygen atoms in total. The third kappa shape index (κ3) is 3.76. The van der Waals surface area contributed by atoms with E-state index in [0.29, 0.717) is 0 Å². The predicted octanol–water partition coefficient (Wildman–Crippen LogP) is 2.86.